The molecule has 2 aromatic carbocycles. The number of benzene rings is 2. The van der Waals surface area contributed by atoms with Crippen LogP contribution in [0, 0.1) is 5.82 Å². The lowest BCUT2D eigenvalue weighted by Gasteiger charge is -2.11. The molecule has 0 atom stereocenters. The van der Waals surface area contributed by atoms with E-state index in [0.29, 0.717) is 9.79 Å². The van der Waals surface area contributed by atoms with Crippen molar-refractivity contribution in [3.63, 3.8) is 0 Å². The van der Waals surface area contributed by atoms with Crippen LogP contribution < -0.4 is 0 Å². The van der Waals surface area contributed by atoms with Gasteiger partial charge in [-0.25, -0.2) is 9.37 Å². The minimum Gasteiger partial charge on any atom is -0.265 e. The number of rotatable bonds is 1. The SMILES string of the molecule is Fc1cccc2nc(-c3nncc4ccccc34)c3nnc(C(F)(F)F)n3c12. The summed E-state index contributed by atoms with van der Waals surface area (Å²) in [6.45, 7) is 0. The lowest BCUT2D eigenvalue weighted by molar-refractivity contribution is -0.145. The van der Waals surface area contributed by atoms with E-state index in [0.717, 1.165) is 11.5 Å². The molecular formula is C18H8F4N6. The van der Waals surface area contributed by atoms with Gasteiger partial charge >= 0.3 is 6.18 Å². The van der Waals surface area contributed by atoms with Gasteiger partial charge in [-0.15, -0.1) is 15.3 Å². The molecule has 0 N–H and O–H groups in total. The summed E-state index contributed by atoms with van der Waals surface area (Å²) in [5.41, 5.74) is -0.328. The monoisotopic (exact) mass is 384 g/mol. The summed E-state index contributed by atoms with van der Waals surface area (Å²) in [5.74, 6) is -2.20. The maximum Gasteiger partial charge on any atom is 0.452 e. The van der Waals surface area contributed by atoms with E-state index < -0.39 is 17.8 Å². The van der Waals surface area contributed by atoms with E-state index in [4.69, 9.17) is 0 Å². The Bertz CT molecular complexity index is 1370. The summed E-state index contributed by atoms with van der Waals surface area (Å²) < 4.78 is 55.6. The van der Waals surface area contributed by atoms with Gasteiger partial charge in [-0.3, -0.25) is 4.40 Å². The standard InChI is InChI=1S/C18H8F4N6/c19-11-6-3-7-12-15(11)28-16(26-27-17(28)18(20,21)22)14(24-12)13-10-5-2-1-4-9(10)8-23-25-13/h1-8H. The first-order valence-electron chi connectivity index (χ1n) is 8.06. The number of alkyl halides is 3. The molecule has 0 saturated heterocycles. The van der Waals surface area contributed by atoms with Crippen LogP contribution in [-0.2, 0) is 6.18 Å². The first-order chi connectivity index (χ1) is 13.4. The molecule has 0 spiro atoms. The number of fused-ring (bicyclic) bond motifs is 4. The molecule has 138 valence electrons. The highest BCUT2D eigenvalue weighted by Crippen LogP contribution is 2.34. The van der Waals surface area contributed by atoms with Gasteiger partial charge in [0.05, 0.1) is 11.7 Å². The zero-order valence-corrected chi connectivity index (χ0v) is 13.8. The number of hydrogen-bond donors (Lipinski definition) is 0. The van der Waals surface area contributed by atoms with Crippen LogP contribution in [0.1, 0.15) is 5.82 Å². The minimum absolute atomic E-state index is 0.0162. The summed E-state index contributed by atoms with van der Waals surface area (Å²) in [5, 5.41) is 16.2. The van der Waals surface area contributed by atoms with Crippen molar-refractivity contribution in [2.45, 2.75) is 6.18 Å². The van der Waals surface area contributed by atoms with Crippen molar-refractivity contribution < 1.29 is 17.6 Å². The van der Waals surface area contributed by atoms with Gasteiger partial charge in [0.2, 0.25) is 5.82 Å². The summed E-state index contributed by atoms with van der Waals surface area (Å²) in [4.78, 5) is 4.35. The zero-order valence-electron chi connectivity index (χ0n) is 13.8. The maximum atomic E-state index is 14.4. The highest BCUT2D eigenvalue weighted by atomic mass is 19.4. The lowest BCUT2D eigenvalue weighted by Crippen LogP contribution is -2.12. The predicted molar refractivity (Wildman–Crippen MR) is 91.8 cm³/mol. The minimum atomic E-state index is -4.84. The van der Waals surface area contributed by atoms with Gasteiger partial charge in [-0.05, 0) is 12.1 Å². The quantitative estimate of drug-likeness (QED) is 0.408. The van der Waals surface area contributed by atoms with Crippen LogP contribution in [0.5, 0.6) is 0 Å². The number of aromatic nitrogens is 6. The van der Waals surface area contributed by atoms with Crippen LogP contribution in [0.2, 0.25) is 0 Å². The van der Waals surface area contributed by atoms with Crippen LogP contribution in [0.25, 0.3) is 38.8 Å². The first-order valence-corrected chi connectivity index (χ1v) is 8.06. The fourth-order valence-corrected chi connectivity index (χ4v) is 3.18. The van der Waals surface area contributed by atoms with E-state index in [2.05, 4.69) is 25.4 Å². The number of nitrogens with zero attached hydrogens (tertiary/aromatic N) is 6. The molecule has 0 amide bonds. The highest BCUT2D eigenvalue weighted by molar-refractivity contribution is 5.97. The molecule has 0 aliphatic heterocycles. The number of hydrogen-bond acceptors (Lipinski definition) is 5. The summed E-state index contributed by atoms with van der Waals surface area (Å²) >= 11 is 0. The van der Waals surface area contributed by atoms with Crippen LogP contribution in [-0.4, -0.2) is 29.8 Å². The second-order valence-electron chi connectivity index (χ2n) is 6.03. The molecule has 0 aliphatic rings. The molecule has 0 radical (unpaired) electrons. The van der Waals surface area contributed by atoms with Crippen LogP contribution in [0.15, 0.2) is 48.7 Å². The normalized spacial score (nSPS) is 12.3. The summed E-state index contributed by atoms with van der Waals surface area (Å²) in [6, 6.07) is 10.9. The Labute approximate surface area is 153 Å². The molecule has 5 rings (SSSR count). The summed E-state index contributed by atoms with van der Waals surface area (Å²) in [7, 11) is 0. The molecule has 5 aromatic rings. The van der Waals surface area contributed by atoms with Crippen molar-refractivity contribution in [1.82, 2.24) is 29.8 Å². The molecule has 6 nitrogen and oxygen atoms in total. The van der Waals surface area contributed by atoms with E-state index in [1.807, 2.05) is 0 Å². The fraction of sp³-hybridized carbons (Fsp3) is 0.0556. The van der Waals surface area contributed by atoms with Gasteiger partial charge in [0.15, 0.2) is 5.65 Å². The third-order valence-electron chi connectivity index (χ3n) is 4.34. The Hall–Kier alpha value is -3.69. The molecular weight excluding hydrogens is 376 g/mol. The molecule has 3 aromatic heterocycles. The van der Waals surface area contributed by atoms with Gasteiger partial charge in [0.1, 0.15) is 22.7 Å². The average molecular weight is 384 g/mol. The zero-order chi connectivity index (χ0) is 19.5. The molecule has 0 saturated carbocycles. The van der Waals surface area contributed by atoms with Gasteiger partial charge in [-0.2, -0.15) is 18.3 Å². The van der Waals surface area contributed by atoms with Crippen molar-refractivity contribution >= 4 is 27.5 Å². The van der Waals surface area contributed by atoms with E-state index in [1.54, 1.807) is 24.3 Å². The van der Waals surface area contributed by atoms with Gasteiger partial charge in [0, 0.05) is 10.8 Å². The highest BCUT2D eigenvalue weighted by Gasteiger charge is 2.38. The Morgan fingerprint density at radius 3 is 2.50 bits per heavy atom. The van der Waals surface area contributed by atoms with Crippen LogP contribution in [0.3, 0.4) is 0 Å². The molecule has 10 heteroatoms. The molecule has 28 heavy (non-hydrogen) atoms. The molecule has 0 unspecified atom stereocenters. The molecule has 0 fully saturated rings. The third-order valence-corrected chi connectivity index (χ3v) is 4.34. The number of para-hydroxylation sites is 1. The largest absolute Gasteiger partial charge is 0.452 e. The van der Waals surface area contributed by atoms with Crippen LogP contribution in [0.4, 0.5) is 17.6 Å². The third kappa shape index (κ3) is 2.30. The van der Waals surface area contributed by atoms with Crippen LogP contribution >= 0.6 is 0 Å². The van der Waals surface area contributed by atoms with E-state index in [1.165, 1.54) is 18.3 Å². The Morgan fingerprint density at radius 2 is 1.68 bits per heavy atom. The first kappa shape index (κ1) is 16.5. The smallest absolute Gasteiger partial charge is 0.265 e. The second kappa shape index (κ2) is 5.65. The van der Waals surface area contributed by atoms with Crippen molar-refractivity contribution in [2.24, 2.45) is 0 Å². The Kier molecular flexibility index (Phi) is 3.33. The summed E-state index contributed by atoms with van der Waals surface area (Å²) in [6.07, 6.45) is -3.31. The van der Waals surface area contributed by atoms with Crippen molar-refractivity contribution in [3.8, 4) is 11.4 Å². The number of halogens is 4. The van der Waals surface area contributed by atoms with Gasteiger partial charge in [0.25, 0.3) is 0 Å². The topological polar surface area (TPSA) is 68.9 Å². The lowest BCUT2D eigenvalue weighted by atomic mass is 10.1. The Morgan fingerprint density at radius 1 is 0.857 bits per heavy atom. The molecule has 0 bridgehead atoms. The fourth-order valence-electron chi connectivity index (χ4n) is 3.18. The van der Waals surface area contributed by atoms with E-state index in [-0.39, 0.29) is 28.1 Å². The van der Waals surface area contributed by atoms with Gasteiger partial charge < -0.3 is 0 Å². The second-order valence-corrected chi connectivity index (χ2v) is 6.03. The molecule has 0 aliphatic carbocycles. The maximum absolute atomic E-state index is 14.4. The predicted octanol–water partition coefficient (Wildman–Crippen LogP) is 4.05. The Balaban J connectivity index is 1.99. The van der Waals surface area contributed by atoms with Crippen molar-refractivity contribution in [2.75, 3.05) is 0 Å². The van der Waals surface area contributed by atoms with Crippen molar-refractivity contribution in [3.05, 3.63) is 60.3 Å². The average Bonchev–Trinajstić information content (AvgIpc) is 3.12. The van der Waals surface area contributed by atoms with Crippen molar-refractivity contribution in [1.29, 1.82) is 0 Å². The van der Waals surface area contributed by atoms with E-state index in [9.17, 15) is 17.6 Å². The van der Waals surface area contributed by atoms with E-state index >= 15 is 0 Å². The molecule has 3 heterocycles. The van der Waals surface area contributed by atoms with Gasteiger partial charge in [-0.1, -0.05) is 30.3 Å².